The van der Waals surface area contributed by atoms with Crippen molar-refractivity contribution in [2.45, 2.75) is 13.0 Å². The first-order chi connectivity index (χ1) is 6.22. The number of hydrogen-bond acceptors (Lipinski definition) is 2. The van der Waals surface area contributed by atoms with Gasteiger partial charge in [-0.2, -0.15) is 0 Å². The van der Waals surface area contributed by atoms with Gasteiger partial charge in [-0.15, -0.1) is 0 Å². The predicted octanol–water partition coefficient (Wildman–Crippen LogP) is 2.73. The van der Waals surface area contributed by atoms with Crippen molar-refractivity contribution in [2.75, 3.05) is 13.7 Å². The zero-order valence-electron chi connectivity index (χ0n) is 7.63. The summed E-state index contributed by atoms with van der Waals surface area (Å²) in [5.41, 5.74) is 2.08. The SMILES string of the molecule is COc1cc(C)c(Cl)cc1C1CO1. The monoisotopic (exact) mass is 198 g/mol. The number of methoxy groups -OCH3 is 1. The van der Waals surface area contributed by atoms with E-state index in [1.54, 1.807) is 7.11 Å². The molecule has 2 nitrogen and oxygen atoms in total. The number of epoxide rings is 1. The lowest BCUT2D eigenvalue weighted by molar-refractivity contribution is 0.383. The van der Waals surface area contributed by atoms with Crippen molar-refractivity contribution >= 4 is 11.6 Å². The van der Waals surface area contributed by atoms with Crippen LogP contribution in [-0.4, -0.2) is 13.7 Å². The van der Waals surface area contributed by atoms with E-state index in [0.29, 0.717) is 0 Å². The quantitative estimate of drug-likeness (QED) is 0.682. The van der Waals surface area contributed by atoms with Crippen molar-refractivity contribution in [3.8, 4) is 5.75 Å². The molecule has 3 heteroatoms. The summed E-state index contributed by atoms with van der Waals surface area (Å²) in [4.78, 5) is 0. The maximum atomic E-state index is 6.00. The van der Waals surface area contributed by atoms with Crippen LogP contribution in [0.25, 0.3) is 0 Å². The van der Waals surface area contributed by atoms with E-state index in [1.807, 2.05) is 19.1 Å². The first kappa shape index (κ1) is 8.85. The fourth-order valence-corrected chi connectivity index (χ4v) is 1.50. The number of halogens is 1. The Bertz CT molecular complexity index is 332. The van der Waals surface area contributed by atoms with E-state index in [0.717, 1.165) is 28.5 Å². The Morgan fingerprint density at radius 2 is 2.23 bits per heavy atom. The third-order valence-corrected chi connectivity index (χ3v) is 2.60. The van der Waals surface area contributed by atoms with Crippen LogP contribution in [0.2, 0.25) is 5.02 Å². The fraction of sp³-hybridized carbons (Fsp3) is 0.400. The second kappa shape index (κ2) is 3.20. The van der Waals surface area contributed by atoms with E-state index in [-0.39, 0.29) is 6.10 Å². The van der Waals surface area contributed by atoms with Gasteiger partial charge < -0.3 is 9.47 Å². The molecule has 1 fully saturated rings. The van der Waals surface area contributed by atoms with Crippen LogP contribution in [0.3, 0.4) is 0 Å². The lowest BCUT2D eigenvalue weighted by atomic mass is 10.1. The van der Waals surface area contributed by atoms with Gasteiger partial charge in [0.25, 0.3) is 0 Å². The van der Waals surface area contributed by atoms with Crippen LogP contribution in [0, 0.1) is 6.92 Å². The summed E-state index contributed by atoms with van der Waals surface area (Å²) in [5, 5.41) is 0.770. The third-order valence-electron chi connectivity index (χ3n) is 2.19. The van der Waals surface area contributed by atoms with Crippen molar-refractivity contribution in [2.24, 2.45) is 0 Å². The minimum atomic E-state index is 0.188. The maximum absolute atomic E-state index is 6.00. The molecule has 0 saturated carbocycles. The molecule has 1 aromatic rings. The maximum Gasteiger partial charge on any atom is 0.125 e. The van der Waals surface area contributed by atoms with Crippen LogP contribution >= 0.6 is 11.6 Å². The third kappa shape index (κ3) is 1.64. The summed E-state index contributed by atoms with van der Waals surface area (Å²) in [5.74, 6) is 0.865. The van der Waals surface area contributed by atoms with Crippen LogP contribution in [0.4, 0.5) is 0 Å². The normalized spacial score (nSPS) is 20.1. The molecule has 0 N–H and O–H groups in total. The lowest BCUT2D eigenvalue weighted by Crippen LogP contribution is -1.92. The van der Waals surface area contributed by atoms with Crippen molar-refractivity contribution < 1.29 is 9.47 Å². The summed E-state index contributed by atoms with van der Waals surface area (Å²) >= 11 is 6.00. The van der Waals surface area contributed by atoms with E-state index >= 15 is 0 Å². The molecule has 1 aromatic carbocycles. The molecule has 1 aliphatic heterocycles. The molecular formula is C10H11ClO2. The van der Waals surface area contributed by atoms with Gasteiger partial charge in [-0.05, 0) is 24.6 Å². The summed E-state index contributed by atoms with van der Waals surface area (Å²) in [7, 11) is 1.66. The molecule has 1 aliphatic rings. The second-order valence-corrected chi connectivity index (χ2v) is 3.57. The molecular weight excluding hydrogens is 188 g/mol. The summed E-state index contributed by atoms with van der Waals surface area (Å²) in [6, 6.07) is 3.87. The number of ether oxygens (including phenoxy) is 2. The summed E-state index contributed by atoms with van der Waals surface area (Å²) in [6.45, 7) is 2.73. The van der Waals surface area contributed by atoms with Crippen LogP contribution in [0.1, 0.15) is 17.2 Å². The Hall–Kier alpha value is -0.730. The van der Waals surface area contributed by atoms with Gasteiger partial charge in [0, 0.05) is 10.6 Å². The summed E-state index contributed by atoms with van der Waals surface area (Å²) < 4.78 is 10.4. The van der Waals surface area contributed by atoms with Crippen molar-refractivity contribution in [1.29, 1.82) is 0 Å². The molecule has 1 saturated heterocycles. The van der Waals surface area contributed by atoms with Gasteiger partial charge in [-0.3, -0.25) is 0 Å². The Morgan fingerprint density at radius 3 is 2.77 bits per heavy atom. The van der Waals surface area contributed by atoms with E-state index in [2.05, 4.69) is 0 Å². The van der Waals surface area contributed by atoms with E-state index in [9.17, 15) is 0 Å². The van der Waals surface area contributed by atoms with Gasteiger partial charge in [-0.1, -0.05) is 11.6 Å². The first-order valence-electron chi connectivity index (χ1n) is 4.18. The minimum Gasteiger partial charge on any atom is -0.496 e. The molecule has 0 bridgehead atoms. The zero-order valence-corrected chi connectivity index (χ0v) is 8.39. The van der Waals surface area contributed by atoms with Gasteiger partial charge in [-0.25, -0.2) is 0 Å². The fourth-order valence-electron chi connectivity index (χ4n) is 1.33. The molecule has 0 aromatic heterocycles. The Kier molecular flexibility index (Phi) is 2.18. The highest BCUT2D eigenvalue weighted by Gasteiger charge is 2.28. The molecule has 1 atom stereocenters. The number of aryl methyl sites for hydroxylation is 1. The number of benzene rings is 1. The first-order valence-corrected chi connectivity index (χ1v) is 4.56. The van der Waals surface area contributed by atoms with Crippen LogP contribution < -0.4 is 4.74 Å². The van der Waals surface area contributed by atoms with Gasteiger partial charge in [0.2, 0.25) is 0 Å². The zero-order chi connectivity index (χ0) is 9.42. The molecule has 0 radical (unpaired) electrons. The topological polar surface area (TPSA) is 21.8 Å². The minimum absolute atomic E-state index is 0.188. The van der Waals surface area contributed by atoms with E-state index in [1.165, 1.54) is 0 Å². The lowest BCUT2D eigenvalue weighted by Gasteiger charge is -2.08. The number of hydrogen-bond donors (Lipinski definition) is 0. The van der Waals surface area contributed by atoms with E-state index < -0.39 is 0 Å². The van der Waals surface area contributed by atoms with E-state index in [4.69, 9.17) is 21.1 Å². The molecule has 1 heterocycles. The Morgan fingerprint density at radius 1 is 1.54 bits per heavy atom. The second-order valence-electron chi connectivity index (χ2n) is 3.17. The standard InChI is InChI=1S/C10H11ClO2/c1-6-3-9(12-2)7(4-8(6)11)10-5-13-10/h3-4,10H,5H2,1-2H3. The highest BCUT2D eigenvalue weighted by atomic mass is 35.5. The Labute approximate surface area is 82.4 Å². The highest BCUT2D eigenvalue weighted by molar-refractivity contribution is 6.31. The summed E-state index contributed by atoms with van der Waals surface area (Å²) in [6.07, 6.45) is 0.188. The average Bonchev–Trinajstić information content (AvgIpc) is 2.92. The largest absolute Gasteiger partial charge is 0.496 e. The van der Waals surface area contributed by atoms with Gasteiger partial charge >= 0.3 is 0 Å². The van der Waals surface area contributed by atoms with Crippen LogP contribution in [-0.2, 0) is 4.74 Å². The predicted molar refractivity (Wildman–Crippen MR) is 51.4 cm³/mol. The molecule has 2 rings (SSSR count). The molecule has 13 heavy (non-hydrogen) atoms. The van der Waals surface area contributed by atoms with Crippen LogP contribution in [0.15, 0.2) is 12.1 Å². The molecule has 0 aliphatic carbocycles. The van der Waals surface area contributed by atoms with Crippen molar-refractivity contribution in [1.82, 2.24) is 0 Å². The van der Waals surface area contributed by atoms with Crippen LogP contribution in [0.5, 0.6) is 5.75 Å². The van der Waals surface area contributed by atoms with Crippen molar-refractivity contribution in [3.05, 3.63) is 28.3 Å². The smallest absolute Gasteiger partial charge is 0.125 e. The number of rotatable bonds is 2. The van der Waals surface area contributed by atoms with Crippen molar-refractivity contribution in [3.63, 3.8) is 0 Å². The molecule has 0 spiro atoms. The average molecular weight is 199 g/mol. The van der Waals surface area contributed by atoms with Gasteiger partial charge in [0.15, 0.2) is 0 Å². The van der Waals surface area contributed by atoms with Gasteiger partial charge in [0.05, 0.1) is 13.7 Å². The van der Waals surface area contributed by atoms with Gasteiger partial charge in [0.1, 0.15) is 11.9 Å². The molecule has 70 valence electrons. The molecule has 0 amide bonds. The Balaban J connectivity index is 2.46. The molecule has 1 unspecified atom stereocenters. The highest BCUT2D eigenvalue weighted by Crippen LogP contribution is 2.38.